The lowest BCUT2D eigenvalue weighted by Gasteiger charge is -2.25. The van der Waals surface area contributed by atoms with Gasteiger partial charge in [0, 0.05) is 25.0 Å². The van der Waals surface area contributed by atoms with E-state index < -0.39 is 0 Å². The predicted octanol–water partition coefficient (Wildman–Crippen LogP) is 3.01. The largest absolute Gasteiger partial charge is 0.353 e. The zero-order valence-electron chi connectivity index (χ0n) is 13.7. The van der Waals surface area contributed by atoms with E-state index in [1.54, 1.807) is 0 Å². The molecule has 22 heavy (non-hydrogen) atoms. The molecule has 0 aromatic rings. The zero-order valence-corrected chi connectivity index (χ0v) is 13.7. The van der Waals surface area contributed by atoms with Gasteiger partial charge in [0.05, 0.1) is 5.92 Å². The summed E-state index contributed by atoms with van der Waals surface area (Å²) >= 11 is 0. The second-order valence-electron chi connectivity index (χ2n) is 7.44. The molecule has 2 saturated carbocycles. The third-order valence-electron chi connectivity index (χ3n) is 5.75. The van der Waals surface area contributed by atoms with Crippen LogP contribution < -0.4 is 5.32 Å². The average molecular weight is 306 g/mol. The highest BCUT2D eigenvalue weighted by molar-refractivity contribution is 5.89. The maximum Gasteiger partial charge on any atom is 0.225 e. The van der Waals surface area contributed by atoms with Gasteiger partial charge in [-0.1, -0.05) is 44.9 Å². The SMILES string of the molecule is O=C(NC1CCCCCCC1)C1CC(=O)N(C2CCCC2)C1. The number of carbonyl (C=O) groups excluding carboxylic acids is 2. The minimum absolute atomic E-state index is 0.112. The normalized spacial score (nSPS) is 28.6. The van der Waals surface area contributed by atoms with E-state index in [1.807, 2.05) is 4.90 Å². The lowest BCUT2D eigenvalue weighted by atomic mass is 9.96. The molecule has 3 aliphatic rings. The first-order valence-corrected chi connectivity index (χ1v) is 9.34. The highest BCUT2D eigenvalue weighted by Gasteiger charge is 2.38. The van der Waals surface area contributed by atoms with Crippen molar-refractivity contribution in [3.05, 3.63) is 0 Å². The minimum atomic E-state index is -0.112. The summed E-state index contributed by atoms with van der Waals surface area (Å²) in [5.41, 5.74) is 0. The summed E-state index contributed by atoms with van der Waals surface area (Å²) in [6.07, 6.45) is 13.7. The predicted molar refractivity (Wildman–Crippen MR) is 86.3 cm³/mol. The third-order valence-corrected chi connectivity index (χ3v) is 5.75. The Morgan fingerprint density at radius 2 is 1.50 bits per heavy atom. The number of nitrogens with one attached hydrogen (secondary N) is 1. The highest BCUT2D eigenvalue weighted by Crippen LogP contribution is 2.29. The molecule has 1 unspecified atom stereocenters. The summed E-state index contributed by atoms with van der Waals surface area (Å²) in [6.45, 7) is 0.655. The number of nitrogens with zero attached hydrogens (tertiary/aromatic N) is 1. The van der Waals surface area contributed by atoms with Gasteiger partial charge in [0.15, 0.2) is 0 Å². The van der Waals surface area contributed by atoms with Crippen LogP contribution in [-0.2, 0) is 9.59 Å². The molecule has 0 bridgehead atoms. The highest BCUT2D eigenvalue weighted by atomic mass is 16.2. The molecule has 1 heterocycles. The summed E-state index contributed by atoms with van der Waals surface area (Å²) < 4.78 is 0. The van der Waals surface area contributed by atoms with Crippen molar-refractivity contribution < 1.29 is 9.59 Å². The molecule has 0 spiro atoms. The molecule has 0 aromatic heterocycles. The van der Waals surface area contributed by atoms with E-state index in [1.165, 1.54) is 44.9 Å². The Kier molecular flexibility index (Phi) is 5.37. The van der Waals surface area contributed by atoms with Crippen molar-refractivity contribution in [2.24, 2.45) is 5.92 Å². The van der Waals surface area contributed by atoms with Crippen LogP contribution in [-0.4, -0.2) is 35.3 Å². The Balaban J connectivity index is 1.50. The van der Waals surface area contributed by atoms with E-state index in [-0.39, 0.29) is 17.7 Å². The molecule has 2 aliphatic carbocycles. The van der Waals surface area contributed by atoms with E-state index in [2.05, 4.69) is 5.32 Å². The summed E-state index contributed by atoms with van der Waals surface area (Å²) in [5.74, 6) is 0.211. The molecule has 3 fully saturated rings. The van der Waals surface area contributed by atoms with Crippen LogP contribution in [0.15, 0.2) is 0 Å². The van der Waals surface area contributed by atoms with E-state index in [9.17, 15) is 9.59 Å². The fraction of sp³-hybridized carbons (Fsp3) is 0.889. The third kappa shape index (κ3) is 3.82. The number of rotatable bonds is 3. The van der Waals surface area contributed by atoms with Gasteiger partial charge in [-0.05, 0) is 25.7 Å². The second-order valence-corrected chi connectivity index (χ2v) is 7.44. The molecule has 2 amide bonds. The van der Waals surface area contributed by atoms with E-state index in [0.717, 1.165) is 25.7 Å². The van der Waals surface area contributed by atoms with Crippen LogP contribution in [0.25, 0.3) is 0 Å². The van der Waals surface area contributed by atoms with Gasteiger partial charge in [-0.3, -0.25) is 9.59 Å². The van der Waals surface area contributed by atoms with E-state index in [0.29, 0.717) is 25.0 Å². The zero-order chi connectivity index (χ0) is 15.4. The standard InChI is InChI=1S/C18H30N2O2/c21-17-12-14(13-20(17)16-10-6-7-11-16)18(22)19-15-8-4-2-1-3-5-9-15/h14-16H,1-13H2,(H,19,22). The van der Waals surface area contributed by atoms with Crippen molar-refractivity contribution >= 4 is 11.8 Å². The van der Waals surface area contributed by atoms with Crippen LogP contribution in [0.3, 0.4) is 0 Å². The Morgan fingerprint density at radius 1 is 0.909 bits per heavy atom. The lowest BCUT2D eigenvalue weighted by molar-refractivity contribution is -0.130. The van der Waals surface area contributed by atoms with Crippen LogP contribution in [0.1, 0.15) is 77.0 Å². The molecule has 1 aliphatic heterocycles. The maximum atomic E-state index is 12.5. The van der Waals surface area contributed by atoms with Gasteiger partial charge in [0.25, 0.3) is 0 Å². The Morgan fingerprint density at radius 3 is 2.18 bits per heavy atom. The fourth-order valence-corrected chi connectivity index (χ4v) is 4.40. The van der Waals surface area contributed by atoms with Crippen LogP contribution in [0.4, 0.5) is 0 Å². The number of hydrogen-bond acceptors (Lipinski definition) is 2. The van der Waals surface area contributed by atoms with Gasteiger partial charge in [-0.2, -0.15) is 0 Å². The van der Waals surface area contributed by atoms with Gasteiger partial charge in [-0.15, -0.1) is 0 Å². The number of likely N-dealkylation sites (tertiary alicyclic amines) is 1. The van der Waals surface area contributed by atoms with Crippen molar-refractivity contribution in [2.75, 3.05) is 6.54 Å². The van der Waals surface area contributed by atoms with Crippen molar-refractivity contribution in [3.8, 4) is 0 Å². The Hall–Kier alpha value is -1.06. The van der Waals surface area contributed by atoms with Gasteiger partial charge in [0.1, 0.15) is 0 Å². The number of carbonyl (C=O) groups is 2. The first-order valence-electron chi connectivity index (χ1n) is 9.34. The molecular formula is C18H30N2O2. The smallest absolute Gasteiger partial charge is 0.225 e. The summed E-state index contributed by atoms with van der Waals surface area (Å²) in [6, 6.07) is 0.745. The quantitative estimate of drug-likeness (QED) is 0.871. The number of amides is 2. The molecule has 124 valence electrons. The first kappa shape index (κ1) is 15.8. The van der Waals surface area contributed by atoms with Crippen molar-refractivity contribution in [1.82, 2.24) is 10.2 Å². The van der Waals surface area contributed by atoms with Crippen LogP contribution in [0.2, 0.25) is 0 Å². The average Bonchev–Trinajstić information content (AvgIpc) is 3.10. The van der Waals surface area contributed by atoms with Crippen molar-refractivity contribution in [1.29, 1.82) is 0 Å². The van der Waals surface area contributed by atoms with Crippen molar-refractivity contribution in [3.63, 3.8) is 0 Å². The molecule has 0 radical (unpaired) electrons. The van der Waals surface area contributed by atoms with Gasteiger partial charge < -0.3 is 10.2 Å². The maximum absolute atomic E-state index is 12.5. The monoisotopic (exact) mass is 306 g/mol. The van der Waals surface area contributed by atoms with E-state index >= 15 is 0 Å². The van der Waals surface area contributed by atoms with Crippen molar-refractivity contribution in [2.45, 2.75) is 89.1 Å². The summed E-state index contributed by atoms with van der Waals surface area (Å²) in [5, 5.41) is 3.24. The van der Waals surface area contributed by atoms with Gasteiger partial charge in [-0.25, -0.2) is 0 Å². The molecule has 3 rings (SSSR count). The second kappa shape index (κ2) is 7.47. The fourth-order valence-electron chi connectivity index (χ4n) is 4.40. The Bertz CT molecular complexity index is 396. The van der Waals surface area contributed by atoms with Gasteiger partial charge >= 0.3 is 0 Å². The molecule has 1 atom stereocenters. The molecular weight excluding hydrogens is 276 g/mol. The van der Waals surface area contributed by atoms with Gasteiger partial charge in [0.2, 0.25) is 11.8 Å². The van der Waals surface area contributed by atoms with Crippen LogP contribution >= 0.6 is 0 Å². The lowest BCUT2D eigenvalue weighted by Crippen LogP contribution is -2.41. The topological polar surface area (TPSA) is 49.4 Å². The summed E-state index contributed by atoms with van der Waals surface area (Å²) in [7, 11) is 0. The molecule has 1 saturated heterocycles. The minimum Gasteiger partial charge on any atom is -0.353 e. The summed E-state index contributed by atoms with van der Waals surface area (Å²) in [4.78, 5) is 26.7. The van der Waals surface area contributed by atoms with E-state index in [4.69, 9.17) is 0 Å². The Labute approximate surface area is 134 Å². The first-order chi connectivity index (χ1) is 10.7. The van der Waals surface area contributed by atoms with Crippen LogP contribution in [0, 0.1) is 5.92 Å². The van der Waals surface area contributed by atoms with Crippen LogP contribution in [0.5, 0.6) is 0 Å². The molecule has 0 aromatic carbocycles. The molecule has 1 N–H and O–H groups in total. The number of hydrogen-bond donors (Lipinski definition) is 1. The molecule has 4 nitrogen and oxygen atoms in total. The molecule has 4 heteroatoms.